The van der Waals surface area contributed by atoms with Crippen molar-refractivity contribution in [1.29, 1.82) is 0 Å². The van der Waals surface area contributed by atoms with Crippen LogP contribution in [0.3, 0.4) is 0 Å². The van der Waals surface area contributed by atoms with Crippen molar-refractivity contribution in [2.75, 3.05) is 41.3 Å². The van der Waals surface area contributed by atoms with E-state index in [9.17, 15) is 4.79 Å². The predicted octanol–water partition coefficient (Wildman–Crippen LogP) is 0.313. The van der Waals surface area contributed by atoms with E-state index in [1.807, 2.05) is 39.8 Å². The maximum absolute atomic E-state index is 12.1. The highest BCUT2D eigenvalue weighted by Gasteiger charge is 2.35. The van der Waals surface area contributed by atoms with Crippen LogP contribution in [0.1, 0.15) is 20.8 Å². The van der Waals surface area contributed by atoms with E-state index < -0.39 is 0 Å². The molecular formula is C13H29N3O2. The van der Waals surface area contributed by atoms with Gasteiger partial charge < -0.3 is 20.3 Å². The number of hydrogen-bond acceptors (Lipinski definition) is 4. The van der Waals surface area contributed by atoms with E-state index in [2.05, 4.69) is 10.6 Å². The second kappa shape index (κ2) is 7.71. The van der Waals surface area contributed by atoms with Gasteiger partial charge in [-0.3, -0.25) is 4.79 Å². The molecule has 18 heavy (non-hydrogen) atoms. The van der Waals surface area contributed by atoms with Gasteiger partial charge in [0.05, 0.1) is 11.6 Å². The molecule has 0 fully saturated rings. The minimum atomic E-state index is -0.341. The number of rotatable bonds is 8. The molecule has 0 aromatic rings. The van der Waals surface area contributed by atoms with E-state index in [4.69, 9.17) is 4.74 Å². The lowest BCUT2D eigenvalue weighted by Crippen LogP contribution is -2.53. The van der Waals surface area contributed by atoms with Crippen LogP contribution >= 0.6 is 0 Å². The summed E-state index contributed by atoms with van der Waals surface area (Å²) in [5.41, 5.74) is -0.341. The van der Waals surface area contributed by atoms with Crippen molar-refractivity contribution in [3.8, 4) is 0 Å². The maximum Gasteiger partial charge on any atom is 0.237 e. The van der Waals surface area contributed by atoms with Crippen LogP contribution in [0.25, 0.3) is 0 Å². The molecule has 0 radical (unpaired) electrons. The number of hydrogen-bond donors (Lipinski definition) is 2. The molecule has 0 aromatic heterocycles. The van der Waals surface area contributed by atoms with Crippen LogP contribution in [-0.4, -0.2) is 63.8 Å². The van der Waals surface area contributed by atoms with Crippen LogP contribution in [0.15, 0.2) is 0 Å². The second-order valence-corrected chi connectivity index (χ2v) is 5.46. The summed E-state index contributed by atoms with van der Waals surface area (Å²) in [5.74, 6) is 0.101. The molecule has 5 nitrogen and oxygen atoms in total. The Morgan fingerprint density at radius 2 is 1.94 bits per heavy atom. The smallest absolute Gasteiger partial charge is 0.237 e. The molecule has 0 aliphatic rings. The number of likely N-dealkylation sites (N-methyl/N-ethyl adjacent to an activating group) is 2. The summed E-state index contributed by atoms with van der Waals surface area (Å²) >= 11 is 0. The number of amides is 1. The molecule has 0 saturated carbocycles. The number of carbonyl (C=O) groups excluding carboxylic acids is 1. The average molecular weight is 259 g/mol. The Balaban J connectivity index is 4.44. The van der Waals surface area contributed by atoms with Gasteiger partial charge in [-0.05, 0) is 35.0 Å². The van der Waals surface area contributed by atoms with Gasteiger partial charge >= 0.3 is 0 Å². The molecule has 0 rings (SSSR count). The number of nitrogens with zero attached hydrogens (tertiary/aromatic N) is 1. The van der Waals surface area contributed by atoms with E-state index in [1.165, 1.54) is 0 Å². The molecule has 0 spiro atoms. The molecule has 0 bridgehead atoms. The topological polar surface area (TPSA) is 53.6 Å². The Labute approximate surface area is 111 Å². The van der Waals surface area contributed by atoms with Crippen LogP contribution in [0.5, 0.6) is 0 Å². The second-order valence-electron chi connectivity index (χ2n) is 5.46. The van der Waals surface area contributed by atoms with Crippen LogP contribution in [0, 0.1) is 5.92 Å². The van der Waals surface area contributed by atoms with E-state index >= 15 is 0 Å². The lowest BCUT2D eigenvalue weighted by atomic mass is 9.85. The first-order valence-corrected chi connectivity index (χ1v) is 6.41. The Morgan fingerprint density at radius 3 is 2.33 bits per heavy atom. The summed E-state index contributed by atoms with van der Waals surface area (Å²) in [7, 11) is 7.45. The van der Waals surface area contributed by atoms with Gasteiger partial charge in [-0.2, -0.15) is 0 Å². The first kappa shape index (κ1) is 17.4. The zero-order chi connectivity index (χ0) is 14.3. The predicted molar refractivity (Wildman–Crippen MR) is 74.7 cm³/mol. The highest BCUT2D eigenvalue weighted by atomic mass is 16.5. The van der Waals surface area contributed by atoms with Gasteiger partial charge in [-0.25, -0.2) is 0 Å². The van der Waals surface area contributed by atoms with Gasteiger partial charge in [0.1, 0.15) is 0 Å². The molecule has 5 heteroatoms. The van der Waals surface area contributed by atoms with Gasteiger partial charge in [-0.15, -0.1) is 0 Å². The van der Waals surface area contributed by atoms with Gasteiger partial charge in [0.25, 0.3) is 0 Å². The molecule has 2 atom stereocenters. The van der Waals surface area contributed by atoms with Crippen LogP contribution in [-0.2, 0) is 9.53 Å². The van der Waals surface area contributed by atoms with Gasteiger partial charge in [0.2, 0.25) is 5.91 Å². The Bertz CT molecular complexity index is 255. The van der Waals surface area contributed by atoms with E-state index in [0.717, 1.165) is 6.54 Å². The third kappa shape index (κ3) is 5.33. The molecule has 2 N–H and O–H groups in total. The fraction of sp³-hybridized carbons (Fsp3) is 0.923. The van der Waals surface area contributed by atoms with E-state index in [0.29, 0.717) is 6.54 Å². The van der Waals surface area contributed by atoms with Crippen LogP contribution < -0.4 is 10.6 Å². The van der Waals surface area contributed by atoms with Crippen LogP contribution in [0.2, 0.25) is 0 Å². The molecule has 0 saturated heterocycles. The van der Waals surface area contributed by atoms with Crippen molar-refractivity contribution in [3.05, 3.63) is 0 Å². The molecule has 0 heterocycles. The highest BCUT2D eigenvalue weighted by molar-refractivity contribution is 5.82. The Morgan fingerprint density at radius 1 is 1.39 bits per heavy atom. The molecule has 1 amide bonds. The number of ether oxygens (including phenoxy) is 1. The minimum Gasteiger partial charge on any atom is -0.378 e. The third-order valence-electron chi connectivity index (χ3n) is 3.57. The Kier molecular flexibility index (Phi) is 7.43. The maximum atomic E-state index is 12.1. The third-order valence-corrected chi connectivity index (χ3v) is 3.57. The summed E-state index contributed by atoms with van der Waals surface area (Å²) in [4.78, 5) is 14.2. The van der Waals surface area contributed by atoms with Gasteiger partial charge in [0, 0.05) is 26.1 Å². The SMILES string of the molecule is CNC(C(=O)NCCN(C)C)[C@@H](C)C(C)(C)OC. The minimum absolute atomic E-state index is 0.0250. The van der Waals surface area contributed by atoms with Crippen LogP contribution in [0.4, 0.5) is 0 Å². The first-order chi connectivity index (χ1) is 8.26. The quantitative estimate of drug-likeness (QED) is 0.659. The first-order valence-electron chi connectivity index (χ1n) is 6.41. The zero-order valence-electron chi connectivity index (χ0n) is 12.8. The molecule has 0 aromatic carbocycles. The molecule has 0 aliphatic carbocycles. The van der Waals surface area contributed by atoms with Crippen molar-refractivity contribution >= 4 is 5.91 Å². The summed E-state index contributed by atoms with van der Waals surface area (Å²) in [6, 6.07) is -0.248. The lowest BCUT2D eigenvalue weighted by molar-refractivity contribution is -0.128. The van der Waals surface area contributed by atoms with Crippen molar-refractivity contribution in [2.24, 2.45) is 5.92 Å². The van der Waals surface area contributed by atoms with E-state index in [1.54, 1.807) is 14.2 Å². The summed E-state index contributed by atoms with van der Waals surface area (Å²) in [6.45, 7) is 7.51. The number of carbonyl (C=O) groups is 1. The normalized spacial score (nSPS) is 15.6. The van der Waals surface area contributed by atoms with Gasteiger partial charge in [0.15, 0.2) is 0 Å². The summed E-state index contributed by atoms with van der Waals surface area (Å²) in [5, 5.41) is 6.02. The monoisotopic (exact) mass is 259 g/mol. The largest absolute Gasteiger partial charge is 0.378 e. The lowest BCUT2D eigenvalue weighted by Gasteiger charge is -2.35. The van der Waals surface area contributed by atoms with Crippen molar-refractivity contribution in [1.82, 2.24) is 15.5 Å². The van der Waals surface area contributed by atoms with E-state index in [-0.39, 0.29) is 23.5 Å². The summed E-state index contributed by atoms with van der Waals surface area (Å²) in [6.07, 6.45) is 0. The molecule has 108 valence electrons. The fourth-order valence-corrected chi connectivity index (χ4v) is 1.71. The van der Waals surface area contributed by atoms with Crippen molar-refractivity contribution in [3.63, 3.8) is 0 Å². The van der Waals surface area contributed by atoms with Gasteiger partial charge in [-0.1, -0.05) is 6.92 Å². The summed E-state index contributed by atoms with van der Waals surface area (Å²) < 4.78 is 5.45. The number of nitrogens with one attached hydrogen (secondary N) is 2. The average Bonchev–Trinajstić information content (AvgIpc) is 2.29. The highest BCUT2D eigenvalue weighted by Crippen LogP contribution is 2.23. The zero-order valence-corrected chi connectivity index (χ0v) is 12.8. The molecular weight excluding hydrogens is 230 g/mol. The fourth-order valence-electron chi connectivity index (χ4n) is 1.71. The molecule has 1 unspecified atom stereocenters. The van der Waals surface area contributed by atoms with Crippen molar-refractivity contribution in [2.45, 2.75) is 32.4 Å². The standard InChI is InChI=1S/C13H29N3O2/c1-10(13(2,3)18-7)11(14-4)12(17)15-8-9-16(5)6/h10-11,14H,8-9H2,1-7H3,(H,15,17)/t10-,11?/m1/s1. The van der Waals surface area contributed by atoms with Crippen molar-refractivity contribution < 1.29 is 9.53 Å². The Hall–Kier alpha value is -0.650. The number of methoxy groups -OCH3 is 1. The molecule has 0 aliphatic heterocycles.